The Morgan fingerprint density at radius 3 is 2.59 bits per heavy atom. The van der Waals surface area contributed by atoms with Gasteiger partial charge in [-0.3, -0.25) is 0 Å². The molecule has 5 heteroatoms. The minimum absolute atomic E-state index is 0.0456. The quantitative estimate of drug-likeness (QED) is 0.789. The Labute approximate surface area is 106 Å². The number of nitrogens with zero attached hydrogens (tertiary/aromatic N) is 4. The van der Waals surface area contributed by atoms with Crippen molar-refractivity contribution in [2.45, 2.75) is 39.0 Å². The minimum atomic E-state index is 0.0456. The molecule has 0 aliphatic rings. The summed E-state index contributed by atoms with van der Waals surface area (Å²) >= 11 is 6.31. The van der Waals surface area contributed by atoms with Gasteiger partial charge in [-0.2, -0.15) is 10.1 Å². The summed E-state index contributed by atoms with van der Waals surface area (Å²) in [6.07, 6.45) is 1.53. The zero-order valence-electron chi connectivity index (χ0n) is 10.6. The Bertz CT molecular complexity index is 510. The molecule has 17 heavy (non-hydrogen) atoms. The van der Waals surface area contributed by atoms with Crippen molar-refractivity contribution in [2.75, 3.05) is 0 Å². The molecule has 0 saturated heterocycles. The first kappa shape index (κ1) is 12.3. The van der Waals surface area contributed by atoms with E-state index in [-0.39, 0.29) is 11.3 Å². The molecule has 2 aromatic rings. The molecule has 2 aromatic heterocycles. The van der Waals surface area contributed by atoms with Crippen LogP contribution in [0.15, 0.2) is 12.4 Å². The summed E-state index contributed by atoms with van der Waals surface area (Å²) in [6, 6.07) is 2.05. The van der Waals surface area contributed by atoms with Crippen LogP contribution in [-0.2, 0) is 0 Å². The van der Waals surface area contributed by atoms with Crippen molar-refractivity contribution in [1.82, 2.24) is 19.6 Å². The maximum atomic E-state index is 6.31. The third kappa shape index (κ3) is 2.27. The number of hydrogen-bond donors (Lipinski definition) is 0. The molecule has 2 atom stereocenters. The van der Waals surface area contributed by atoms with E-state index in [1.54, 1.807) is 4.52 Å². The van der Waals surface area contributed by atoms with Crippen molar-refractivity contribution in [3.63, 3.8) is 0 Å². The maximum Gasteiger partial charge on any atom is 0.252 e. The molecule has 2 heterocycles. The van der Waals surface area contributed by atoms with Crippen molar-refractivity contribution < 1.29 is 0 Å². The van der Waals surface area contributed by atoms with E-state index >= 15 is 0 Å². The van der Waals surface area contributed by atoms with Crippen LogP contribution in [-0.4, -0.2) is 25.0 Å². The number of hydrogen-bond acceptors (Lipinski definition) is 3. The van der Waals surface area contributed by atoms with Crippen LogP contribution in [0.25, 0.3) is 5.78 Å². The Morgan fingerprint density at radius 1 is 1.29 bits per heavy atom. The number of halogens is 1. The predicted molar refractivity (Wildman–Crippen MR) is 68.4 cm³/mol. The van der Waals surface area contributed by atoms with Gasteiger partial charge in [0, 0.05) is 17.0 Å². The van der Waals surface area contributed by atoms with Gasteiger partial charge in [0.2, 0.25) is 0 Å². The summed E-state index contributed by atoms with van der Waals surface area (Å²) in [5, 5.41) is 4.28. The first-order valence-corrected chi connectivity index (χ1v) is 6.25. The molecule has 0 radical (unpaired) electrons. The molecule has 0 amide bonds. The van der Waals surface area contributed by atoms with Crippen molar-refractivity contribution >= 4 is 17.4 Å². The van der Waals surface area contributed by atoms with Gasteiger partial charge in [0.1, 0.15) is 6.33 Å². The number of rotatable bonds is 3. The third-order valence-electron chi connectivity index (χ3n) is 2.96. The van der Waals surface area contributed by atoms with Gasteiger partial charge >= 0.3 is 0 Å². The van der Waals surface area contributed by atoms with Gasteiger partial charge in [-0.05, 0) is 25.8 Å². The molecule has 4 nitrogen and oxygen atoms in total. The molecule has 0 bridgehead atoms. The van der Waals surface area contributed by atoms with Gasteiger partial charge < -0.3 is 0 Å². The van der Waals surface area contributed by atoms with Crippen molar-refractivity contribution in [3.05, 3.63) is 23.8 Å². The molecular weight excluding hydrogens is 236 g/mol. The molecule has 0 saturated carbocycles. The Morgan fingerprint density at radius 2 is 2.00 bits per heavy atom. The van der Waals surface area contributed by atoms with Crippen LogP contribution in [0, 0.1) is 12.8 Å². The van der Waals surface area contributed by atoms with Crippen LogP contribution in [0.3, 0.4) is 0 Å². The van der Waals surface area contributed by atoms with Crippen molar-refractivity contribution in [1.29, 1.82) is 0 Å². The predicted octanol–water partition coefficient (Wildman–Crippen LogP) is 2.80. The highest BCUT2D eigenvalue weighted by molar-refractivity contribution is 6.20. The highest BCUT2D eigenvalue weighted by Crippen LogP contribution is 2.31. The molecule has 0 N–H and O–H groups in total. The lowest BCUT2D eigenvalue weighted by molar-refractivity contribution is 0.470. The number of fused-ring (bicyclic) bond motifs is 1. The molecule has 0 fully saturated rings. The van der Waals surface area contributed by atoms with Crippen LogP contribution in [0.1, 0.15) is 38.1 Å². The topological polar surface area (TPSA) is 43.1 Å². The molecule has 2 rings (SSSR count). The van der Waals surface area contributed by atoms with Crippen molar-refractivity contribution in [3.8, 4) is 0 Å². The lowest BCUT2D eigenvalue weighted by Crippen LogP contribution is -2.20. The van der Waals surface area contributed by atoms with Gasteiger partial charge in [0.15, 0.2) is 0 Å². The van der Waals surface area contributed by atoms with Gasteiger partial charge in [0.05, 0.1) is 5.69 Å². The standard InChI is InChI=1S/C12H17ClN4/c1-7(2)11(9(4)13)10-5-8(3)16-12-14-6-15-17(10)12/h5-7,9,11H,1-4H3. The van der Waals surface area contributed by atoms with Gasteiger partial charge in [-0.25, -0.2) is 9.50 Å². The number of alkyl halides is 1. The van der Waals surface area contributed by atoms with E-state index in [1.807, 2.05) is 19.9 Å². The van der Waals surface area contributed by atoms with Crippen LogP contribution in [0.2, 0.25) is 0 Å². The van der Waals surface area contributed by atoms with Crippen LogP contribution >= 0.6 is 11.6 Å². The Hall–Kier alpha value is -1.16. The van der Waals surface area contributed by atoms with Gasteiger partial charge in [0.25, 0.3) is 5.78 Å². The van der Waals surface area contributed by atoms with E-state index < -0.39 is 0 Å². The van der Waals surface area contributed by atoms with E-state index in [0.717, 1.165) is 11.4 Å². The van der Waals surface area contributed by atoms with Gasteiger partial charge in [-0.15, -0.1) is 11.6 Å². The van der Waals surface area contributed by atoms with E-state index in [9.17, 15) is 0 Å². The number of aromatic nitrogens is 4. The van der Waals surface area contributed by atoms with E-state index in [1.165, 1.54) is 6.33 Å². The van der Waals surface area contributed by atoms with E-state index in [2.05, 4.69) is 28.9 Å². The summed E-state index contributed by atoms with van der Waals surface area (Å²) in [5.74, 6) is 1.32. The summed E-state index contributed by atoms with van der Waals surface area (Å²) in [7, 11) is 0. The lowest BCUT2D eigenvalue weighted by atomic mass is 9.89. The molecule has 0 aliphatic carbocycles. The summed E-state index contributed by atoms with van der Waals surface area (Å²) in [5.41, 5.74) is 2.03. The monoisotopic (exact) mass is 252 g/mol. The van der Waals surface area contributed by atoms with Crippen LogP contribution < -0.4 is 0 Å². The molecule has 0 spiro atoms. The molecule has 0 aliphatic heterocycles. The minimum Gasteiger partial charge on any atom is -0.216 e. The molecule has 92 valence electrons. The first-order chi connectivity index (χ1) is 8.00. The second-order valence-corrected chi connectivity index (χ2v) is 5.43. The fraction of sp³-hybridized carbons (Fsp3) is 0.583. The smallest absolute Gasteiger partial charge is 0.216 e. The first-order valence-electron chi connectivity index (χ1n) is 5.82. The second-order valence-electron chi connectivity index (χ2n) is 4.74. The molecular formula is C12H17ClN4. The normalized spacial score (nSPS) is 15.4. The van der Waals surface area contributed by atoms with Crippen molar-refractivity contribution in [2.24, 2.45) is 5.92 Å². The summed E-state index contributed by atoms with van der Waals surface area (Å²) in [6.45, 7) is 8.32. The largest absolute Gasteiger partial charge is 0.252 e. The zero-order valence-corrected chi connectivity index (χ0v) is 11.3. The zero-order chi connectivity index (χ0) is 12.6. The second kappa shape index (κ2) is 4.61. The van der Waals surface area contributed by atoms with E-state index in [4.69, 9.17) is 11.6 Å². The van der Waals surface area contributed by atoms with Crippen LogP contribution in [0.5, 0.6) is 0 Å². The van der Waals surface area contributed by atoms with Gasteiger partial charge in [-0.1, -0.05) is 13.8 Å². The molecule has 0 aromatic carbocycles. The maximum absolute atomic E-state index is 6.31. The highest BCUT2D eigenvalue weighted by atomic mass is 35.5. The fourth-order valence-corrected chi connectivity index (χ4v) is 2.72. The average Bonchev–Trinajstić information content (AvgIpc) is 2.63. The third-order valence-corrected chi connectivity index (χ3v) is 3.23. The lowest BCUT2D eigenvalue weighted by Gasteiger charge is -2.24. The average molecular weight is 253 g/mol. The summed E-state index contributed by atoms with van der Waals surface area (Å²) in [4.78, 5) is 8.48. The van der Waals surface area contributed by atoms with E-state index in [0.29, 0.717) is 11.7 Å². The Balaban J connectivity index is 2.63. The fourth-order valence-electron chi connectivity index (χ4n) is 2.30. The highest BCUT2D eigenvalue weighted by Gasteiger charge is 2.24. The van der Waals surface area contributed by atoms with Crippen LogP contribution in [0.4, 0.5) is 0 Å². The Kier molecular flexibility index (Phi) is 3.33. The SMILES string of the molecule is Cc1cc(C(C(C)C)C(C)Cl)n2ncnc2n1. The number of aryl methyl sites for hydroxylation is 1. The molecule has 2 unspecified atom stereocenters. The summed E-state index contributed by atoms with van der Waals surface area (Å²) < 4.78 is 1.79.